The van der Waals surface area contributed by atoms with E-state index in [9.17, 15) is 23.6 Å². The van der Waals surface area contributed by atoms with E-state index in [1.165, 1.54) is 24.4 Å². The van der Waals surface area contributed by atoms with E-state index in [0.29, 0.717) is 11.1 Å². The van der Waals surface area contributed by atoms with Gasteiger partial charge in [0.1, 0.15) is 34.8 Å². The lowest BCUT2D eigenvalue weighted by Gasteiger charge is -2.24. The minimum Gasteiger partial charge on any atom is -0.453 e. The second-order valence-corrected chi connectivity index (χ2v) is 12.1. The number of hydrogen-bond acceptors (Lipinski definition) is 11. The number of Topliss-reactive ketones (excluding diaryl/α,β-unsaturated/α-hetero) is 1. The Hall–Kier alpha value is -4.95. The Morgan fingerprint density at radius 1 is 1.07 bits per heavy atom. The summed E-state index contributed by atoms with van der Waals surface area (Å²) in [4.78, 5) is 60.3. The highest BCUT2D eigenvalue weighted by Crippen LogP contribution is 2.32. The van der Waals surface area contributed by atoms with Crippen LogP contribution in [0.15, 0.2) is 38.0 Å². The van der Waals surface area contributed by atoms with Gasteiger partial charge in [0.25, 0.3) is 11.4 Å². The van der Waals surface area contributed by atoms with Crippen LogP contribution in [-0.2, 0) is 26.9 Å². The largest absolute Gasteiger partial charge is 0.453 e. The lowest BCUT2D eigenvalue weighted by atomic mass is 9.93. The van der Waals surface area contributed by atoms with Crippen LogP contribution < -0.4 is 16.2 Å². The fourth-order valence-corrected chi connectivity index (χ4v) is 4.35. The summed E-state index contributed by atoms with van der Waals surface area (Å²) >= 11 is 0. The molecule has 44 heavy (non-hydrogen) atoms. The van der Waals surface area contributed by atoms with Crippen molar-refractivity contribution in [3.05, 3.63) is 64.1 Å². The van der Waals surface area contributed by atoms with Crippen LogP contribution in [0.4, 0.5) is 14.9 Å². The van der Waals surface area contributed by atoms with Gasteiger partial charge < -0.3 is 18.9 Å². The molecule has 14 nitrogen and oxygen atoms in total. The number of amides is 2. The van der Waals surface area contributed by atoms with Crippen LogP contribution in [0.2, 0.25) is 0 Å². The number of rotatable bonds is 9. The van der Waals surface area contributed by atoms with E-state index in [-0.39, 0.29) is 29.2 Å². The number of aromatic nitrogens is 5. The summed E-state index contributed by atoms with van der Waals surface area (Å²) in [5.74, 6) is -2.07. The Labute approximate surface area is 251 Å². The summed E-state index contributed by atoms with van der Waals surface area (Å²) in [7, 11) is 1.15. The number of carbonyl (C=O) groups excluding carboxylic acids is 3. The third kappa shape index (κ3) is 6.50. The topological polar surface area (TPSA) is 184 Å². The fourth-order valence-electron chi connectivity index (χ4n) is 4.35. The van der Waals surface area contributed by atoms with E-state index in [0.717, 1.165) is 11.7 Å². The second kappa shape index (κ2) is 12.0. The number of ketones is 1. The number of nitrogens with zero attached hydrogens (tertiary/aromatic N) is 5. The van der Waals surface area contributed by atoms with Gasteiger partial charge in [-0.1, -0.05) is 34.6 Å². The van der Waals surface area contributed by atoms with Crippen molar-refractivity contribution in [2.24, 2.45) is 5.92 Å². The van der Waals surface area contributed by atoms with Gasteiger partial charge >= 0.3 is 6.09 Å². The third-order valence-corrected chi connectivity index (χ3v) is 6.76. The standard InChI is InChI=1S/C29H34FN7O7/c1-14(2)20(34-19(38)13-37-23(40)17(33-27(41)42-8)12-31-24(37)28(3,4)5)21(39)22-35-36-26(44-22)29(6,7)25-32-16-11-15(30)9-10-18(16)43-25/h9-12,14,20H,13H2,1-8H3,(H,33,41)(H,34,38)/t20-/m0/s1. The molecule has 0 aliphatic carbocycles. The molecule has 1 aromatic carbocycles. The van der Waals surface area contributed by atoms with E-state index in [2.05, 4.69) is 35.5 Å². The fraction of sp³-hybridized carbons (Fsp3) is 0.448. The van der Waals surface area contributed by atoms with Gasteiger partial charge in [0.05, 0.1) is 19.3 Å². The maximum absolute atomic E-state index is 13.6. The maximum Gasteiger partial charge on any atom is 0.411 e. The molecule has 234 valence electrons. The predicted octanol–water partition coefficient (Wildman–Crippen LogP) is 3.73. The number of nitrogens with one attached hydrogen (secondary N) is 2. The van der Waals surface area contributed by atoms with Gasteiger partial charge in [-0.2, -0.15) is 0 Å². The average Bonchev–Trinajstić information content (AvgIpc) is 3.61. The molecule has 0 aliphatic rings. The molecule has 2 N–H and O–H groups in total. The zero-order valence-electron chi connectivity index (χ0n) is 25.6. The first-order chi connectivity index (χ1) is 20.5. The smallest absolute Gasteiger partial charge is 0.411 e. The number of oxazole rings is 1. The Balaban J connectivity index is 1.57. The van der Waals surface area contributed by atoms with Crippen molar-refractivity contribution in [3.63, 3.8) is 0 Å². The monoisotopic (exact) mass is 611 g/mol. The summed E-state index contributed by atoms with van der Waals surface area (Å²) in [5.41, 5.74) is -1.92. The lowest BCUT2D eigenvalue weighted by Crippen LogP contribution is -2.47. The zero-order chi connectivity index (χ0) is 32.6. The van der Waals surface area contributed by atoms with Crippen molar-refractivity contribution in [2.75, 3.05) is 12.4 Å². The van der Waals surface area contributed by atoms with E-state index in [1.54, 1.807) is 27.7 Å². The summed E-state index contributed by atoms with van der Waals surface area (Å²) in [6.45, 7) is 11.8. The van der Waals surface area contributed by atoms with Crippen LogP contribution in [0.5, 0.6) is 0 Å². The number of benzene rings is 1. The SMILES string of the molecule is COC(=O)Nc1cnc(C(C)(C)C)n(CC(=O)N[C@H](C(=O)c2nnc(C(C)(C)c3nc4cc(F)ccc4o3)o2)C(C)C)c1=O. The summed E-state index contributed by atoms with van der Waals surface area (Å²) in [6, 6.07) is 2.85. The van der Waals surface area contributed by atoms with E-state index in [4.69, 9.17) is 8.83 Å². The molecular formula is C29H34FN7O7. The van der Waals surface area contributed by atoms with Crippen LogP contribution in [0, 0.1) is 11.7 Å². The quantitative estimate of drug-likeness (QED) is 0.263. The molecule has 3 heterocycles. The Kier molecular flexibility index (Phi) is 8.70. The normalized spacial score (nSPS) is 12.8. The molecule has 4 rings (SSSR count). The number of halogens is 1. The first kappa shape index (κ1) is 32.0. The molecule has 2 amide bonds. The molecule has 4 aromatic rings. The van der Waals surface area contributed by atoms with Crippen LogP contribution in [0.1, 0.15) is 76.8 Å². The number of methoxy groups -OCH3 is 1. The van der Waals surface area contributed by atoms with Crippen LogP contribution >= 0.6 is 0 Å². The molecular weight excluding hydrogens is 577 g/mol. The zero-order valence-corrected chi connectivity index (χ0v) is 25.6. The van der Waals surface area contributed by atoms with Gasteiger partial charge in [0.2, 0.25) is 23.5 Å². The number of ether oxygens (including phenoxy) is 1. The summed E-state index contributed by atoms with van der Waals surface area (Å²) < 4.78 is 30.9. The highest BCUT2D eigenvalue weighted by atomic mass is 19.1. The van der Waals surface area contributed by atoms with Crippen LogP contribution in [0.25, 0.3) is 11.1 Å². The van der Waals surface area contributed by atoms with Crippen LogP contribution in [-0.4, -0.2) is 55.7 Å². The van der Waals surface area contributed by atoms with E-state index < -0.39 is 58.5 Å². The average molecular weight is 612 g/mol. The molecule has 0 fully saturated rings. The molecule has 0 saturated heterocycles. The molecule has 0 radical (unpaired) electrons. The minimum atomic E-state index is -1.09. The molecule has 0 saturated carbocycles. The first-order valence-electron chi connectivity index (χ1n) is 13.7. The predicted molar refractivity (Wildman–Crippen MR) is 155 cm³/mol. The summed E-state index contributed by atoms with van der Waals surface area (Å²) in [5, 5.41) is 12.9. The minimum absolute atomic E-state index is 0.0177. The molecule has 0 aliphatic heterocycles. The van der Waals surface area contributed by atoms with Gasteiger partial charge in [-0.05, 0) is 31.9 Å². The van der Waals surface area contributed by atoms with Crippen molar-refractivity contribution >= 4 is 34.6 Å². The number of fused-ring (bicyclic) bond motifs is 1. The molecule has 15 heteroatoms. The van der Waals surface area contributed by atoms with Gasteiger partial charge in [0, 0.05) is 11.5 Å². The number of hydrogen-bond donors (Lipinski definition) is 2. The van der Waals surface area contributed by atoms with Crippen molar-refractivity contribution in [3.8, 4) is 0 Å². The van der Waals surface area contributed by atoms with Gasteiger partial charge in [-0.25, -0.2) is 19.2 Å². The van der Waals surface area contributed by atoms with Gasteiger partial charge in [0.15, 0.2) is 5.58 Å². The highest BCUT2D eigenvalue weighted by Gasteiger charge is 2.37. The van der Waals surface area contributed by atoms with Crippen molar-refractivity contribution in [1.29, 1.82) is 0 Å². The van der Waals surface area contributed by atoms with E-state index in [1.807, 2.05) is 20.8 Å². The molecule has 0 unspecified atom stereocenters. The molecule has 1 atom stereocenters. The third-order valence-electron chi connectivity index (χ3n) is 6.76. The van der Waals surface area contributed by atoms with E-state index >= 15 is 0 Å². The van der Waals surface area contributed by atoms with Crippen molar-refractivity contribution in [2.45, 2.75) is 71.9 Å². The van der Waals surface area contributed by atoms with Crippen molar-refractivity contribution in [1.82, 2.24) is 30.0 Å². The second-order valence-electron chi connectivity index (χ2n) is 12.1. The Morgan fingerprint density at radius 2 is 1.77 bits per heavy atom. The Morgan fingerprint density at radius 3 is 2.41 bits per heavy atom. The molecule has 3 aromatic heterocycles. The van der Waals surface area contributed by atoms with Gasteiger partial charge in [-0.3, -0.25) is 24.3 Å². The van der Waals surface area contributed by atoms with Gasteiger partial charge in [-0.15, -0.1) is 10.2 Å². The molecule has 0 bridgehead atoms. The summed E-state index contributed by atoms with van der Waals surface area (Å²) in [6.07, 6.45) is 0.323. The molecule has 0 spiro atoms. The Bertz CT molecular complexity index is 1780. The maximum atomic E-state index is 13.6. The lowest BCUT2D eigenvalue weighted by molar-refractivity contribution is -0.122. The highest BCUT2D eigenvalue weighted by molar-refractivity contribution is 5.98. The van der Waals surface area contributed by atoms with Crippen LogP contribution in [0.3, 0.4) is 0 Å². The first-order valence-corrected chi connectivity index (χ1v) is 13.7. The van der Waals surface area contributed by atoms with Crippen molar-refractivity contribution < 1.29 is 32.3 Å². The number of carbonyl (C=O) groups is 3. The number of anilines is 1.